The van der Waals surface area contributed by atoms with Gasteiger partial charge in [0, 0.05) is 16.7 Å². The fourth-order valence-corrected chi connectivity index (χ4v) is 3.03. The first-order valence-corrected chi connectivity index (χ1v) is 7.60. The molecule has 1 nitrogen and oxygen atoms in total. The van der Waals surface area contributed by atoms with Gasteiger partial charge < -0.3 is 5.73 Å². The van der Waals surface area contributed by atoms with Gasteiger partial charge in [0.2, 0.25) is 0 Å². The average molecular weight is 271 g/mol. The van der Waals surface area contributed by atoms with Crippen LogP contribution < -0.4 is 5.73 Å². The minimum Gasteiger partial charge on any atom is -0.329 e. The summed E-state index contributed by atoms with van der Waals surface area (Å²) in [5, 5.41) is 0.325. The number of thioether (sulfide) groups is 1. The molecule has 0 aromatic heterocycles. The van der Waals surface area contributed by atoms with Gasteiger partial charge >= 0.3 is 0 Å². The third-order valence-corrected chi connectivity index (χ3v) is 4.50. The Hall–Kier alpha value is -1.25. The molecule has 0 aliphatic heterocycles. The molecule has 100 valence electrons. The number of rotatable bonds is 5. The first-order chi connectivity index (χ1) is 9.20. The van der Waals surface area contributed by atoms with Crippen LogP contribution in [0.4, 0.5) is 0 Å². The van der Waals surface area contributed by atoms with Crippen molar-refractivity contribution in [2.24, 2.45) is 5.73 Å². The monoisotopic (exact) mass is 271 g/mol. The lowest BCUT2D eigenvalue weighted by molar-refractivity contribution is 0.864. The number of benzene rings is 2. The second-order valence-corrected chi connectivity index (χ2v) is 6.25. The van der Waals surface area contributed by atoms with Crippen LogP contribution in [0.3, 0.4) is 0 Å². The molecule has 0 saturated carbocycles. The van der Waals surface area contributed by atoms with E-state index in [9.17, 15) is 0 Å². The summed E-state index contributed by atoms with van der Waals surface area (Å²) in [7, 11) is 0. The maximum Gasteiger partial charge on any atom is 0.0466 e. The Morgan fingerprint density at radius 2 is 1.53 bits per heavy atom. The minimum atomic E-state index is 0.325. The number of nitrogens with two attached hydrogens (primary N) is 1. The van der Waals surface area contributed by atoms with Gasteiger partial charge in [-0.1, -0.05) is 56.3 Å². The van der Waals surface area contributed by atoms with Crippen LogP contribution in [0.5, 0.6) is 0 Å². The molecule has 2 N–H and O–H groups in total. The molecule has 0 spiro atoms. The van der Waals surface area contributed by atoms with Crippen molar-refractivity contribution in [3.8, 4) is 0 Å². The highest BCUT2D eigenvalue weighted by Crippen LogP contribution is 2.34. The molecule has 0 amide bonds. The van der Waals surface area contributed by atoms with Crippen LogP contribution in [-0.4, -0.2) is 6.54 Å². The first kappa shape index (κ1) is 14.2. The molecule has 2 rings (SSSR count). The van der Waals surface area contributed by atoms with Crippen LogP contribution in [0.1, 0.15) is 36.1 Å². The summed E-state index contributed by atoms with van der Waals surface area (Å²) in [5.41, 5.74) is 8.59. The second-order valence-electron chi connectivity index (χ2n) is 4.98. The first-order valence-electron chi connectivity index (χ1n) is 6.72. The van der Waals surface area contributed by atoms with Crippen LogP contribution in [0.25, 0.3) is 0 Å². The molecule has 2 aromatic carbocycles. The van der Waals surface area contributed by atoms with Crippen molar-refractivity contribution in [1.82, 2.24) is 0 Å². The van der Waals surface area contributed by atoms with E-state index in [1.54, 1.807) is 0 Å². The molecule has 2 heteroatoms. The van der Waals surface area contributed by atoms with Gasteiger partial charge in [0.25, 0.3) is 0 Å². The van der Waals surface area contributed by atoms with Crippen molar-refractivity contribution in [1.29, 1.82) is 0 Å². The van der Waals surface area contributed by atoms with E-state index in [0.29, 0.717) is 17.7 Å². The lowest BCUT2D eigenvalue weighted by Crippen LogP contribution is -2.09. The maximum absolute atomic E-state index is 5.91. The maximum atomic E-state index is 5.91. The highest BCUT2D eigenvalue weighted by molar-refractivity contribution is 7.99. The normalized spacial score (nSPS) is 12.6. The van der Waals surface area contributed by atoms with E-state index in [1.165, 1.54) is 16.0 Å². The smallest absolute Gasteiger partial charge is 0.0466 e. The average Bonchev–Trinajstić information content (AvgIpc) is 2.46. The van der Waals surface area contributed by atoms with Gasteiger partial charge in [-0.15, -0.1) is 11.8 Å². The molecule has 2 aromatic rings. The molecule has 0 aliphatic carbocycles. The Morgan fingerprint density at radius 3 is 2.05 bits per heavy atom. The van der Waals surface area contributed by atoms with Crippen LogP contribution in [0, 0.1) is 0 Å². The largest absolute Gasteiger partial charge is 0.329 e. The van der Waals surface area contributed by atoms with Crippen molar-refractivity contribution < 1.29 is 0 Å². The molecule has 0 heterocycles. The van der Waals surface area contributed by atoms with Crippen molar-refractivity contribution in [3.05, 3.63) is 65.7 Å². The molecular weight excluding hydrogens is 250 g/mol. The second kappa shape index (κ2) is 6.78. The summed E-state index contributed by atoms with van der Waals surface area (Å²) in [6.07, 6.45) is 0. The lowest BCUT2D eigenvalue weighted by Gasteiger charge is -2.15. The summed E-state index contributed by atoms with van der Waals surface area (Å²) in [6, 6.07) is 19.3. The highest BCUT2D eigenvalue weighted by Gasteiger charge is 2.11. The number of hydrogen-bond acceptors (Lipinski definition) is 2. The van der Waals surface area contributed by atoms with E-state index in [0.717, 1.165) is 0 Å². The molecule has 1 unspecified atom stereocenters. The van der Waals surface area contributed by atoms with E-state index in [1.807, 2.05) is 17.8 Å². The van der Waals surface area contributed by atoms with Gasteiger partial charge in [-0.2, -0.15) is 0 Å². The number of hydrogen-bond donors (Lipinski definition) is 1. The minimum absolute atomic E-state index is 0.325. The fraction of sp³-hybridized carbons (Fsp3) is 0.294. The molecule has 0 radical (unpaired) electrons. The molecule has 0 saturated heterocycles. The molecule has 1 atom stereocenters. The van der Waals surface area contributed by atoms with E-state index in [4.69, 9.17) is 5.73 Å². The van der Waals surface area contributed by atoms with Crippen molar-refractivity contribution >= 4 is 11.8 Å². The SMILES string of the molecule is CC(C)c1ccc(SC(CN)c2ccccc2)cc1. The van der Waals surface area contributed by atoms with Gasteiger partial charge in [-0.25, -0.2) is 0 Å². The zero-order valence-electron chi connectivity index (χ0n) is 11.5. The Morgan fingerprint density at radius 1 is 0.895 bits per heavy atom. The van der Waals surface area contributed by atoms with Crippen molar-refractivity contribution in [2.45, 2.75) is 29.9 Å². The summed E-state index contributed by atoms with van der Waals surface area (Å²) in [4.78, 5) is 1.28. The summed E-state index contributed by atoms with van der Waals surface area (Å²) < 4.78 is 0. The molecule has 0 bridgehead atoms. The highest BCUT2D eigenvalue weighted by atomic mass is 32.2. The quantitative estimate of drug-likeness (QED) is 0.804. The van der Waals surface area contributed by atoms with Crippen LogP contribution >= 0.6 is 11.8 Å². The summed E-state index contributed by atoms with van der Waals surface area (Å²) >= 11 is 1.84. The van der Waals surface area contributed by atoms with E-state index in [-0.39, 0.29) is 0 Å². The van der Waals surface area contributed by atoms with Gasteiger partial charge in [-0.3, -0.25) is 0 Å². The summed E-state index contributed by atoms with van der Waals surface area (Å²) in [6.45, 7) is 5.09. The zero-order chi connectivity index (χ0) is 13.7. The Kier molecular flexibility index (Phi) is 5.06. The van der Waals surface area contributed by atoms with Crippen LogP contribution in [-0.2, 0) is 0 Å². The van der Waals surface area contributed by atoms with Gasteiger partial charge in [0.05, 0.1) is 0 Å². The zero-order valence-corrected chi connectivity index (χ0v) is 12.4. The lowest BCUT2D eigenvalue weighted by atomic mass is 10.0. The van der Waals surface area contributed by atoms with E-state index >= 15 is 0 Å². The molecule has 0 aliphatic rings. The Balaban J connectivity index is 2.10. The van der Waals surface area contributed by atoms with E-state index < -0.39 is 0 Å². The third-order valence-electron chi connectivity index (χ3n) is 3.21. The van der Waals surface area contributed by atoms with E-state index in [2.05, 4.69) is 62.4 Å². The third kappa shape index (κ3) is 3.85. The summed E-state index contributed by atoms with van der Waals surface area (Å²) in [5.74, 6) is 0.582. The topological polar surface area (TPSA) is 26.0 Å². The van der Waals surface area contributed by atoms with Crippen molar-refractivity contribution in [3.63, 3.8) is 0 Å². The predicted molar refractivity (Wildman–Crippen MR) is 84.6 cm³/mol. The predicted octanol–water partition coefficient (Wildman–Crippen LogP) is 4.60. The fourth-order valence-electron chi connectivity index (χ4n) is 2.02. The van der Waals surface area contributed by atoms with Crippen LogP contribution in [0.15, 0.2) is 59.5 Å². The van der Waals surface area contributed by atoms with Crippen LogP contribution in [0.2, 0.25) is 0 Å². The molecule has 19 heavy (non-hydrogen) atoms. The van der Waals surface area contributed by atoms with Crippen molar-refractivity contribution in [2.75, 3.05) is 6.54 Å². The Labute approximate surface area is 120 Å². The molecular formula is C17H21NS. The van der Waals surface area contributed by atoms with Gasteiger partial charge in [0.15, 0.2) is 0 Å². The Bertz CT molecular complexity index is 490. The standard InChI is InChI=1S/C17H21NS/c1-13(2)14-8-10-16(11-9-14)19-17(12-18)15-6-4-3-5-7-15/h3-11,13,17H,12,18H2,1-2H3. The molecule has 0 fully saturated rings. The van der Waals surface area contributed by atoms with Gasteiger partial charge in [0.1, 0.15) is 0 Å². The van der Waals surface area contributed by atoms with Gasteiger partial charge in [-0.05, 0) is 29.2 Å².